The van der Waals surface area contributed by atoms with Gasteiger partial charge >= 0.3 is 0 Å². The van der Waals surface area contributed by atoms with E-state index in [0.717, 1.165) is 18.4 Å². The van der Waals surface area contributed by atoms with Crippen LogP contribution < -0.4 is 10.5 Å². The monoisotopic (exact) mass is 284 g/mol. The van der Waals surface area contributed by atoms with Crippen LogP contribution in [0.2, 0.25) is 0 Å². The lowest BCUT2D eigenvalue weighted by Gasteiger charge is -2.22. The number of hydrogen-bond donors (Lipinski definition) is 2. The zero-order valence-corrected chi connectivity index (χ0v) is 12.8. The van der Waals surface area contributed by atoms with Crippen LogP contribution in [-0.4, -0.2) is 21.5 Å². The van der Waals surface area contributed by atoms with E-state index >= 15 is 0 Å². The van der Waals surface area contributed by atoms with E-state index in [0.29, 0.717) is 18.0 Å². The average molecular weight is 284 g/mol. The largest absolute Gasteiger partial charge is 0.330 e. The fraction of sp³-hybridized carbons (Fsp3) is 0.571. The van der Waals surface area contributed by atoms with Gasteiger partial charge in [0.25, 0.3) is 0 Å². The molecule has 0 aliphatic heterocycles. The smallest absolute Gasteiger partial charge is 0.240 e. The van der Waals surface area contributed by atoms with Crippen LogP contribution in [0.5, 0.6) is 0 Å². The third kappa shape index (κ3) is 4.93. The average Bonchev–Trinajstić information content (AvgIpc) is 2.38. The van der Waals surface area contributed by atoms with Crippen molar-refractivity contribution in [2.75, 3.05) is 13.1 Å². The molecule has 0 amide bonds. The van der Waals surface area contributed by atoms with Crippen LogP contribution >= 0.6 is 0 Å². The fourth-order valence-electron chi connectivity index (χ4n) is 1.57. The summed E-state index contributed by atoms with van der Waals surface area (Å²) < 4.78 is 26.8. The molecule has 1 aromatic carbocycles. The molecule has 0 aliphatic rings. The molecule has 19 heavy (non-hydrogen) atoms. The van der Waals surface area contributed by atoms with Gasteiger partial charge in [-0.05, 0) is 36.1 Å². The first-order chi connectivity index (χ1) is 8.80. The fourth-order valence-corrected chi connectivity index (χ4v) is 2.81. The maximum Gasteiger partial charge on any atom is 0.240 e. The highest BCUT2D eigenvalue weighted by Gasteiger charge is 2.20. The van der Waals surface area contributed by atoms with E-state index in [9.17, 15) is 8.42 Å². The zero-order valence-electron chi connectivity index (χ0n) is 11.9. The van der Waals surface area contributed by atoms with Crippen molar-refractivity contribution in [3.63, 3.8) is 0 Å². The van der Waals surface area contributed by atoms with Crippen LogP contribution in [0.3, 0.4) is 0 Å². The van der Waals surface area contributed by atoms with Gasteiger partial charge < -0.3 is 5.73 Å². The highest BCUT2D eigenvalue weighted by molar-refractivity contribution is 7.89. The minimum Gasteiger partial charge on any atom is -0.330 e. The molecule has 0 aliphatic carbocycles. The Bertz CT molecular complexity index is 493. The van der Waals surface area contributed by atoms with E-state index in [-0.39, 0.29) is 5.41 Å². The second kappa shape index (κ2) is 6.50. The van der Waals surface area contributed by atoms with E-state index < -0.39 is 10.0 Å². The summed E-state index contributed by atoms with van der Waals surface area (Å²) in [7, 11) is -3.44. The molecule has 3 N–H and O–H groups in total. The lowest BCUT2D eigenvalue weighted by atomic mass is 9.95. The Hall–Kier alpha value is -0.910. The number of sulfonamides is 1. The Labute approximate surface area is 116 Å². The highest BCUT2D eigenvalue weighted by atomic mass is 32.2. The summed E-state index contributed by atoms with van der Waals surface area (Å²) in [5, 5.41) is 0. The van der Waals surface area contributed by atoms with Gasteiger partial charge in [-0.2, -0.15) is 0 Å². The molecular formula is C14H24N2O2S. The van der Waals surface area contributed by atoms with Gasteiger partial charge in [0, 0.05) is 6.54 Å². The Balaban J connectivity index is 2.77. The van der Waals surface area contributed by atoms with Gasteiger partial charge in [-0.25, -0.2) is 13.1 Å². The summed E-state index contributed by atoms with van der Waals surface area (Å²) in [6.45, 7) is 6.73. The summed E-state index contributed by atoms with van der Waals surface area (Å²) in [6.07, 6.45) is 2.02. The maximum absolute atomic E-state index is 12.1. The SMILES string of the molecule is CCCc1ccc(S(=O)(=O)NCC(C)(C)CN)cc1. The second-order valence-corrected chi connectivity index (χ2v) is 7.35. The van der Waals surface area contributed by atoms with Gasteiger partial charge in [0.1, 0.15) is 0 Å². The van der Waals surface area contributed by atoms with E-state index in [1.807, 2.05) is 26.0 Å². The topological polar surface area (TPSA) is 72.2 Å². The number of benzene rings is 1. The van der Waals surface area contributed by atoms with Crippen molar-refractivity contribution in [1.29, 1.82) is 0 Å². The molecule has 0 heterocycles. The first kappa shape index (κ1) is 16.1. The van der Waals surface area contributed by atoms with Crippen LogP contribution in [0.4, 0.5) is 0 Å². The van der Waals surface area contributed by atoms with Crippen LogP contribution in [0.15, 0.2) is 29.2 Å². The molecule has 0 aromatic heterocycles. The molecular weight excluding hydrogens is 260 g/mol. The Kier molecular flexibility index (Phi) is 5.52. The zero-order chi connectivity index (χ0) is 14.5. The lowest BCUT2D eigenvalue weighted by molar-refractivity contribution is 0.376. The van der Waals surface area contributed by atoms with Crippen LogP contribution in [0.1, 0.15) is 32.8 Å². The molecule has 0 unspecified atom stereocenters. The molecule has 108 valence electrons. The third-order valence-electron chi connectivity index (χ3n) is 3.07. The molecule has 4 nitrogen and oxygen atoms in total. The van der Waals surface area contributed by atoms with Crippen molar-refractivity contribution in [3.8, 4) is 0 Å². The van der Waals surface area contributed by atoms with Crippen molar-refractivity contribution in [2.45, 2.75) is 38.5 Å². The van der Waals surface area contributed by atoms with Crippen LogP contribution in [0.25, 0.3) is 0 Å². The van der Waals surface area contributed by atoms with Gasteiger partial charge in [0.2, 0.25) is 10.0 Å². The van der Waals surface area contributed by atoms with Crippen molar-refractivity contribution in [3.05, 3.63) is 29.8 Å². The quantitative estimate of drug-likeness (QED) is 0.803. The highest BCUT2D eigenvalue weighted by Crippen LogP contribution is 2.15. The molecule has 5 heteroatoms. The Morgan fingerprint density at radius 2 is 1.79 bits per heavy atom. The maximum atomic E-state index is 12.1. The molecule has 0 bridgehead atoms. The summed E-state index contributed by atoms with van der Waals surface area (Å²) in [4.78, 5) is 0.306. The van der Waals surface area contributed by atoms with Crippen molar-refractivity contribution in [2.24, 2.45) is 11.1 Å². The van der Waals surface area contributed by atoms with E-state index in [4.69, 9.17) is 5.73 Å². The normalized spacial score (nSPS) is 12.6. The van der Waals surface area contributed by atoms with Gasteiger partial charge in [0.05, 0.1) is 4.90 Å². The molecule has 0 atom stereocenters. The standard InChI is InChI=1S/C14H24N2O2S/c1-4-5-12-6-8-13(9-7-12)19(17,18)16-11-14(2,3)10-15/h6-9,16H,4-5,10-11,15H2,1-3H3. The number of nitrogens with two attached hydrogens (primary N) is 1. The van der Waals surface area contributed by atoms with Gasteiger partial charge in [-0.15, -0.1) is 0 Å². The first-order valence-electron chi connectivity index (χ1n) is 6.59. The predicted octanol–water partition coefficient (Wildman–Crippen LogP) is 1.90. The third-order valence-corrected chi connectivity index (χ3v) is 4.48. The number of rotatable bonds is 7. The molecule has 1 aromatic rings. The Morgan fingerprint density at radius 3 is 2.26 bits per heavy atom. The Morgan fingerprint density at radius 1 is 1.21 bits per heavy atom. The number of aryl methyl sites for hydroxylation is 1. The van der Waals surface area contributed by atoms with Crippen molar-refractivity contribution < 1.29 is 8.42 Å². The molecule has 0 saturated heterocycles. The van der Waals surface area contributed by atoms with Crippen LogP contribution in [0, 0.1) is 5.41 Å². The van der Waals surface area contributed by atoms with E-state index in [2.05, 4.69) is 11.6 Å². The van der Waals surface area contributed by atoms with Gasteiger partial charge in [-0.1, -0.05) is 39.3 Å². The molecule has 0 saturated carbocycles. The first-order valence-corrected chi connectivity index (χ1v) is 8.08. The van der Waals surface area contributed by atoms with Crippen molar-refractivity contribution in [1.82, 2.24) is 4.72 Å². The summed E-state index contributed by atoms with van der Waals surface area (Å²) in [5.74, 6) is 0. The summed E-state index contributed by atoms with van der Waals surface area (Å²) >= 11 is 0. The minimum absolute atomic E-state index is 0.241. The van der Waals surface area contributed by atoms with E-state index in [1.54, 1.807) is 12.1 Å². The van der Waals surface area contributed by atoms with E-state index in [1.165, 1.54) is 0 Å². The second-order valence-electron chi connectivity index (χ2n) is 5.59. The van der Waals surface area contributed by atoms with Crippen molar-refractivity contribution >= 4 is 10.0 Å². The number of hydrogen-bond acceptors (Lipinski definition) is 3. The number of nitrogens with one attached hydrogen (secondary N) is 1. The van der Waals surface area contributed by atoms with Gasteiger partial charge in [0.15, 0.2) is 0 Å². The molecule has 0 spiro atoms. The molecule has 0 radical (unpaired) electrons. The minimum atomic E-state index is -3.44. The predicted molar refractivity (Wildman–Crippen MR) is 78.5 cm³/mol. The summed E-state index contributed by atoms with van der Waals surface area (Å²) in [6, 6.07) is 7.05. The summed E-state index contributed by atoms with van der Waals surface area (Å²) in [5.41, 5.74) is 6.51. The van der Waals surface area contributed by atoms with Gasteiger partial charge in [-0.3, -0.25) is 0 Å². The molecule has 1 rings (SSSR count). The van der Waals surface area contributed by atoms with Crippen LogP contribution in [-0.2, 0) is 16.4 Å². The molecule has 0 fully saturated rings. The lowest BCUT2D eigenvalue weighted by Crippen LogP contribution is -2.38.